The van der Waals surface area contributed by atoms with Crippen LogP contribution in [0.25, 0.3) is 0 Å². The Balaban J connectivity index is 2.29. The van der Waals surface area contributed by atoms with Gasteiger partial charge in [-0.1, -0.05) is 12.1 Å². The molecule has 1 aromatic carbocycles. The molecule has 0 atom stereocenters. The van der Waals surface area contributed by atoms with Gasteiger partial charge in [-0.25, -0.2) is 0 Å². The number of rotatable bonds is 3. The molecule has 0 aliphatic rings. The van der Waals surface area contributed by atoms with Crippen molar-refractivity contribution in [3.05, 3.63) is 58.9 Å². The molecular formula is C16H20N2. The van der Waals surface area contributed by atoms with E-state index in [1.165, 1.54) is 27.9 Å². The van der Waals surface area contributed by atoms with E-state index in [4.69, 9.17) is 0 Å². The van der Waals surface area contributed by atoms with Crippen LogP contribution >= 0.6 is 0 Å². The first-order chi connectivity index (χ1) is 8.59. The molecule has 0 N–H and O–H groups in total. The second-order valence-electron chi connectivity index (χ2n) is 4.88. The summed E-state index contributed by atoms with van der Waals surface area (Å²) in [5.41, 5.74) is 6.66. The molecular weight excluding hydrogens is 220 g/mol. The van der Waals surface area contributed by atoms with E-state index in [2.05, 4.69) is 62.0 Å². The fraction of sp³-hybridized carbons (Fsp3) is 0.312. The van der Waals surface area contributed by atoms with Crippen LogP contribution in [0, 0.1) is 20.8 Å². The maximum Gasteiger partial charge on any atom is 0.0428 e. The summed E-state index contributed by atoms with van der Waals surface area (Å²) in [4.78, 5) is 6.37. The summed E-state index contributed by atoms with van der Waals surface area (Å²) in [6.07, 6.45) is 3.69. The van der Waals surface area contributed by atoms with Crippen molar-refractivity contribution in [2.24, 2.45) is 0 Å². The number of pyridine rings is 1. The monoisotopic (exact) mass is 240 g/mol. The van der Waals surface area contributed by atoms with E-state index in [0.29, 0.717) is 0 Å². The first-order valence-electron chi connectivity index (χ1n) is 6.26. The van der Waals surface area contributed by atoms with Crippen LogP contribution in [-0.2, 0) is 6.54 Å². The topological polar surface area (TPSA) is 16.1 Å². The average molecular weight is 240 g/mol. The highest BCUT2D eigenvalue weighted by molar-refractivity contribution is 5.61. The third-order valence-electron chi connectivity index (χ3n) is 3.45. The second-order valence-corrected chi connectivity index (χ2v) is 4.88. The number of aromatic nitrogens is 1. The van der Waals surface area contributed by atoms with Crippen molar-refractivity contribution in [2.75, 3.05) is 11.9 Å². The minimum atomic E-state index is 0.910. The summed E-state index contributed by atoms with van der Waals surface area (Å²) in [7, 11) is 2.15. The van der Waals surface area contributed by atoms with Crippen molar-refractivity contribution >= 4 is 5.69 Å². The normalized spacial score (nSPS) is 10.4. The van der Waals surface area contributed by atoms with Gasteiger partial charge in [-0.15, -0.1) is 0 Å². The van der Waals surface area contributed by atoms with Crippen molar-refractivity contribution < 1.29 is 0 Å². The Labute approximate surface area is 109 Å². The van der Waals surface area contributed by atoms with Crippen molar-refractivity contribution in [2.45, 2.75) is 27.3 Å². The van der Waals surface area contributed by atoms with Crippen molar-refractivity contribution in [3.63, 3.8) is 0 Å². The Morgan fingerprint density at radius 2 is 1.56 bits per heavy atom. The van der Waals surface area contributed by atoms with Gasteiger partial charge in [0.1, 0.15) is 0 Å². The molecule has 2 aromatic rings. The molecule has 0 fully saturated rings. The maximum absolute atomic E-state index is 4.06. The molecule has 0 unspecified atom stereocenters. The van der Waals surface area contributed by atoms with Gasteiger partial charge in [0.15, 0.2) is 0 Å². The molecule has 1 aromatic heterocycles. The zero-order valence-corrected chi connectivity index (χ0v) is 11.6. The minimum Gasteiger partial charge on any atom is -0.370 e. The molecule has 0 saturated carbocycles. The van der Waals surface area contributed by atoms with Crippen LogP contribution < -0.4 is 4.90 Å². The summed E-state index contributed by atoms with van der Waals surface area (Å²) >= 11 is 0. The van der Waals surface area contributed by atoms with E-state index in [1.54, 1.807) is 0 Å². The first-order valence-corrected chi connectivity index (χ1v) is 6.26. The van der Waals surface area contributed by atoms with Gasteiger partial charge in [0, 0.05) is 31.7 Å². The zero-order valence-electron chi connectivity index (χ0n) is 11.6. The molecule has 0 aliphatic carbocycles. The highest BCUT2D eigenvalue weighted by atomic mass is 15.1. The van der Waals surface area contributed by atoms with Crippen LogP contribution in [-0.4, -0.2) is 12.0 Å². The molecule has 1 heterocycles. The Bertz CT molecular complexity index is 532. The van der Waals surface area contributed by atoms with Crippen LogP contribution in [0.5, 0.6) is 0 Å². The quantitative estimate of drug-likeness (QED) is 0.814. The van der Waals surface area contributed by atoms with Crippen LogP contribution in [0.3, 0.4) is 0 Å². The maximum atomic E-state index is 4.06. The SMILES string of the molecule is Cc1ccc(C)c(N(C)Cc2ccncc2)c1C. The lowest BCUT2D eigenvalue weighted by atomic mass is 10.0. The number of hydrogen-bond acceptors (Lipinski definition) is 2. The molecule has 0 aliphatic heterocycles. The summed E-state index contributed by atoms with van der Waals surface area (Å²) in [5, 5.41) is 0. The Morgan fingerprint density at radius 1 is 0.944 bits per heavy atom. The van der Waals surface area contributed by atoms with Gasteiger partial charge in [0.05, 0.1) is 0 Å². The predicted octanol–water partition coefficient (Wildman–Crippen LogP) is 3.64. The second kappa shape index (κ2) is 5.21. The van der Waals surface area contributed by atoms with Crippen molar-refractivity contribution in [3.8, 4) is 0 Å². The molecule has 0 bridgehead atoms. The van der Waals surface area contributed by atoms with E-state index in [9.17, 15) is 0 Å². The van der Waals surface area contributed by atoms with Crippen molar-refractivity contribution in [1.29, 1.82) is 0 Å². The predicted molar refractivity (Wildman–Crippen MR) is 77.0 cm³/mol. The lowest BCUT2D eigenvalue weighted by Gasteiger charge is -2.24. The highest BCUT2D eigenvalue weighted by Crippen LogP contribution is 2.27. The first kappa shape index (κ1) is 12.6. The van der Waals surface area contributed by atoms with E-state index in [0.717, 1.165) is 6.54 Å². The van der Waals surface area contributed by atoms with Gasteiger partial charge in [-0.3, -0.25) is 4.98 Å². The molecule has 94 valence electrons. The van der Waals surface area contributed by atoms with Gasteiger partial charge in [0.25, 0.3) is 0 Å². The van der Waals surface area contributed by atoms with Gasteiger partial charge in [-0.2, -0.15) is 0 Å². The number of benzene rings is 1. The lowest BCUT2D eigenvalue weighted by molar-refractivity contribution is 0.906. The number of nitrogens with zero attached hydrogens (tertiary/aromatic N) is 2. The van der Waals surface area contributed by atoms with Gasteiger partial charge in [0.2, 0.25) is 0 Å². The minimum absolute atomic E-state index is 0.910. The zero-order chi connectivity index (χ0) is 13.1. The smallest absolute Gasteiger partial charge is 0.0428 e. The molecule has 0 saturated heterocycles. The van der Waals surface area contributed by atoms with E-state index in [1.807, 2.05) is 12.4 Å². The largest absolute Gasteiger partial charge is 0.370 e. The van der Waals surface area contributed by atoms with E-state index in [-0.39, 0.29) is 0 Å². The van der Waals surface area contributed by atoms with Crippen LogP contribution in [0.15, 0.2) is 36.7 Å². The van der Waals surface area contributed by atoms with Crippen molar-refractivity contribution in [1.82, 2.24) is 4.98 Å². The summed E-state index contributed by atoms with van der Waals surface area (Å²) in [6.45, 7) is 7.44. The molecule has 18 heavy (non-hydrogen) atoms. The van der Waals surface area contributed by atoms with Crippen LogP contribution in [0.4, 0.5) is 5.69 Å². The third kappa shape index (κ3) is 2.53. The van der Waals surface area contributed by atoms with E-state index < -0.39 is 0 Å². The number of hydrogen-bond donors (Lipinski definition) is 0. The van der Waals surface area contributed by atoms with E-state index >= 15 is 0 Å². The van der Waals surface area contributed by atoms with Gasteiger partial charge >= 0.3 is 0 Å². The fourth-order valence-corrected chi connectivity index (χ4v) is 2.36. The van der Waals surface area contributed by atoms with Crippen LogP contribution in [0.1, 0.15) is 22.3 Å². The molecule has 2 heteroatoms. The summed E-state index contributed by atoms with van der Waals surface area (Å²) < 4.78 is 0. The third-order valence-corrected chi connectivity index (χ3v) is 3.45. The molecule has 2 rings (SSSR count). The van der Waals surface area contributed by atoms with Gasteiger partial charge in [-0.05, 0) is 55.2 Å². The Kier molecular flexibility index (Phi) is 3.66. The number of aryl methyl sites for hydroxylation is 2. The number of anilines is 1. The molecule has 0 radical (unpaired) electrons. The average Bonchev–Trinajstić information content (AvgIpc) is 2.36. The van der Waals surface area contributed by atoms with Gasteiger partial charge < -0.3 is 4.90 Å². The molecule has 0 spiro atoms. The Hall–Kier alpha value is -1.83. The highest BCUT2D eigenvalue weighted by Gasteiger charge is 2.10. The fourth-order valence-electron chi connectivity index (χ4n) is 2.36. The Morgan fingerprint density at radius 3 is 2.22 bits per heavy atom. The molecule has 0 amide bonds. The van der Waals surface area contributed by atoms with Crippen LogP contribution in [0.2, 0.25) is 0 Å². The summed E-state index contributed by atoms with van der Waals surface area (Å²) in [5.74, 6) is 0. The lowest BCUT2D eigenvalue weighted by Crippen LogP contribution is -2.19. The summed E-state index contributed by atoms with van der Waals surface area (Å²) in [6, 6.07) is 8.52. The standard InChI is InChI=1S/C16H20N2/c1-12-5-6-13(2)16(14(12)3)18(4)11-15-7-9-17-10-8-15/h5-10H,11H2,1-4H3. The molecule has 2 nitrogen and oxygen atoms in total.